The van der Waals surface area contributed by atoms with Crippen LogP contribution in [0.15, 0.2) is 35.7 Å². The van der Waals surface area contributed by atoms with Crippen LogP contribution in [-0.2, 0) is 17.8 Å². The minimum Gasteiger partial charge on any atom is -0.481 e. The van der Waals surface area contributed by atoms with E-state index >= 15 is 0 Å². The first-order valence-electron chi connectivity index (χ1n) is 7.66. The molecule has 1 aromatic heterocycles. The van der Waals surface area contributed by atoms with Gasteiger partial charge in [-0.25, -0.2) is 0 Å². The van der Waals surface area contributed by atoms with Crippen LogP contribution in [0.3, 0.4) is 0 Å². The van der Waals surface area contributed by atoms with Crippen molar-refractivity contribution in [2.75, 3.05) is 6.54 Å². The minimum absolute atomic E-state index is 0.0181. The molecule has 0 spiro atoms. The molecule has 120 valence electrons. The monoisotopic (exact) mass is 329 g/mol. The van der Waals surface area contributed by atoms with Gasteiger partial charge in [-0.2, -0.15) is 0 Å². The third kappa shape index (κ3) is 3.45. The zero-order chi connectivity index (χ0) is 16.4. The van der Waals surface area contributed by atoms with E-state index in [-0.39, 0.29) is 11.7 Å². The molecular weight excluding hydrogens is 310 g/mol. The molecule has 0 bridgehead atoms. The minimum atomic E-state index is -0.572. The second kappa shape index (κ2) is 6.54. The Kier molecular flexibility index (Phi) is 4.48. The number of Topliss-reactive ketones (excluding diaryl/α,β-unsaturated/α-hetero) is 1. The molecule has 1 aliphatic rings. The fourth-order valence-corrected chi connectivity index (χ4v) is 3.63. The highest BCUT2D eigenvalue weighted by Crippen LogP contribution is 2.25. The number of ketones is 1. The van der Waals surface area contributed by atoms with E-state index in [0.717, 1.165) is 13.0 Å². The van der Waals surface area contributed by atoms with Gasteiger partial charge in [0.1, 0.15) is 5.75 Å². The van der Waals surface area contributed by atoms with Crippen LogP contribution in [0.2, 0.25) is 0 Å². The molecule has 3 rings (SSSR count). The van der Waals surface area contributed by atoms with Gasteiger partial charge in [0, 0.05) is 23.5 Å². The van der Waals surface area contributed by atoms with Crippen LogP contribution < -0.4 is 4.74 Å². The summed E-state index contributed by atoms with van der Waals surface area (Å²) in [5, 5.41) is 2.08. The standard InChI is InChI=1S/C18H19NO3S/c1-12(20)14-4-3-5-16(10-14)22-13(2)18(21)19-8-6-17-15(11-19)7-9-23-17/h3-5,7,9-10,13H,6,8,11H2,1-2H3. The maximum atomic E-state index is 12.6. The molecule has 1 unspecified atom stereocenters. The average molecular weight is 329 g/mol. The van der Waals surface area contributed by atoms with Gasteiger partial charge in [-0.1, -0.05) is 12.1 Å². The van der Waals surface area contributed by atoms with E-state index in [0.29, 0.717) is 17.9 Å². The molecule has 0 fully saturated rings. The summed E-state index contributed by atoms with van der Waals surface area (Å²) < 4.78 is 5.75. The van der Waals surface area contributed by atoms with Crippen LogP contribution in [0.4, 0.5) is 0 Å². The largest absolute Gasteiger partial charge is 0.481 e. The van der Waals surface area contributed by atoms with Gasteiger partial charge in [0.05, 0.1) is 0 Å². The molecule has 0 radical (unpaired) electrons. The lowest BCUT2D eigenvalue weighted by Crippen LogP contribution is -2.42. The van der Waals surface area contributed by atoms with Gasteiger partial charge in [-0.3, -0.25) is 9.59 Å². The van der Waals surface area contributed by atoms with Crippen molar-refractivity contribution in [1.82, 2.24) is 4.90 Å². The van der Waals surface area contributed by atoms with Crippen LogP contribution in [-0.4, -0.2) is 29.2 Å². The summed E-state index contributed by atoms with van der Waals surface area (Å²) in [5.74, 6) is 0.511. The van der Waals surface area contributed by atoms with Crippen LogP contribution in [0.5, 0.6) is 5.75 Å². The fourth-order valence-electron chi connectivity index (χ4n) is 2.74. The molecule has 2 aromatic rings. The van der Waals surface area contributed by atoms with Crippen molar-refractivity contribution < 1.29 is 14.3 Å². The Morgan fingerprint density at radius 3 is 2.91 bits per heavy atom. The predicted molar refractivity (Wildman–Crippen MR) is 90.0 cm³/mol. The molecule has 0 saturated carbocycles. The normalized spacial score (nSPS) is 15.0. The Hall–Kier alpha value is -2.14. The molecular formula is C18H19NO3S. The molecule has 2 heterocycles. The number of fused-ring (bicyclic) bond motifs is 1. The van der Waals surface area contributed by atoms with Crippen LogP contribution in [0, 0.1) is 0 Å². The topological polar surface area (TPSA) is 46.6 Å². The van der Waals surface area contributed by atoms with E-state index < -0.39 is 6.10 Å². The summed E-state index contributed by atoms with van der Waals surface area (Å²) >= 11 is 1.75. The van der Waals surface area contributed by atoms with Crippen molar-refractivity contribution >= 4 is 23.0 Å². The summed E-state index contributed by atoms with van der Waals surface area (Å²) in [6.45, 7) is 4.65. The summed E-state index contributed by atoms with van der Waals surface area (Å²) in [6.07, 6.45) is 0.336. The molecule has 23 heavy (non-hydrogen) atoms. The van der Waals surface area contributed by atoms with Gasteiger partial charge >= 0.3 is 0 Å². The quantitative estimate of drug-likeness (QED) is 0.809. The molecule has 4 nitrogen and oxygen atoms in total. The van der Waals surface area contributed by atoms with E-state index in [1.165, 1.54) is 17.4 Å². The molecule has 0 N–H and O–H groups in total. The molecule has 5 heteroatoms. The van der Waals surface area contributed by atoms with Gasteiger partial charge in [-0.05, 0) is 49.4 Å². The van der Waals surface area contributed by atoms with Crippen LogP contribution in [0.25, 0.3) is 0 Å². The number of hydrogen-bond acceptors (Lipinski definition) is 4. The van der Waals surface area contributed by atoms with Crippen molar-refractivity contribution in [2.24, 2.45) is 0 Å². The van der Waals surface area contributed by atoms with Crippen LogP contribution in [0.1, 0.15) is 34.6 Å². The lowest BCUT2D eigenvalue weighted by atomic mass is 10.1. The number of thiophene rings is 1. The Labute approximate surface area is 139 Å². The molecule has 1 atom stereocenters. The number of carbonyl (C=O) groups is 2. The van der Waals surface area contributed by atoms with Crippen molar-refractivity contribution in [3.8, 4) is 5.75 Å². The Morgan fingerprint density at radius 1 is 1.30 bits per heavy atom. The van der Waals surface area contributed by atoms with Gasteiger partial charge in [-0.15, -0.1) is 11.3 Å². The first-order valence-corrected chi connectivity index (χ1v) is 8.54. The highest BCUT2D eigenvalue weighted by atomic mass is 32.1. The van der Waals surface area contributed by atoms with E-state index in [1.54, 1.807) is 42.5 Å². The number of amides is 1. The number of ether oxygens (including phenoxy) is 1. The predicted octanol–water partition coefficient (Wildman–Crippen LogP) is 3.30. The van der Waals surface area contributed by atoms with Crippen molar-refractivity contribution in [3.05, 3.63) is 51.7 Å². The number of nitrogens with zero attached hydrogens (tertiary/aromatic N) is 1. The highest BCUT2D eigenvalue weighted by Gasteiger charge is 2.26. The first kappa shape index (κ1) is 15.7. The van der Waals surface area contributed by atoms with Gasteiger partial charge in [0.15, 0.2) is 11.9 Å². The highest BCUT2D eigenvalue weighted by molar-refractivity contribution is 7.10. The zero-order valence-corrected chi connectivity index (χ0v) is 14.1. The molecule has 1 aliphatic heterocycles. The van der Waals surface area contributed by atoms with Gasteiger partial charge in [0.25, 0.3) is 5.91 Å². The molecule has 0 aliphatic carbocycles. The van der Waals surface area contributed by atoms with Crippen molar-refractivity contribution in [1.29, 1.82) is 0 Å². The average Bonchev–Trinajstić information content (AvgIpc) is 3.01. The number of carbonyl (C=O) groups excluding carboxylic acids is 2. The zero-order valence-electron chi connectivity index (χ0n) is 13.2. The third-order valence-electron chi connectivity index (χ3n) is 4.02. The van der Waals surface area contributed by atoms with Gasteiger partial charge in [0.2, 0.25) is 0 Å². The summed E-state index contributed by atoms with van der Waals surface area (Å²) in [6, 6.07) is 9.04. The second-order valence-electron chi connectivity index (χ2n) is 5.72. The summed E-state index contributed by atoms with van der Waals surface area (Å²) in [7, 11) is 0. The number of benzene rings is 1. The first-order chi connectivity index (χ1) is 11.0. The third-order valence-corrected chi connectivity index (χ3v) is 5.04. The van der Waals surface area contributed by atoms with E-state index in [4.69, 9.17) is 4.74 Å². The lowest BCUT2D eigenvalue weighted by Gasteiger charge is -2.29. The summed E-state index contributed by atoms with van der Waals surface area (Å²) in [5.41, 5.74) is 1.82. The van der Waals surface area contributed by atoms with Crippen molar-refractivity contribution in [2.45, 2.75) is 32.9 Å². The summed E-state index contributed by atoms with van der Waals surface area (Å²) in [4.78, 5) is 27.2. The maximum absolute atomic E-state index is 12.6. The van der Waals surface area contributed by atoms with Crippen molar-refractivity contribution in [3.63, 3.8) is 0 Å². The number of rotatable bonds is 4. The Balaban J connectivity index is 1.66. The lowest BCUT2D eigenvalue weighted by molar-refractivity contribution is -0.138. The van der Waals surface area contributed by atoms with E-state index in [1.807, 2.05) is 4.90 Å². The number of hydrogen-bond donors (Lipinski definition) is 0. The van der Waals surface area contributed by atoms with E-state index in [9.17, 15) is 9.59 Å². The molecule has 1 aromatic carbocycles. The molecule has 1 amide bonds. The SMILES string of the molecule is CC(=O)c1cccc(OC(C)C(=O)N2CCc3sccc3C2)c1. The maximum Gasteiger partial charge on any atom is 0.263 e. The van der Waals surface area contributed by atoms with Gasteiger partial charge < -0.3 is 9.64 Å². The van der Waals surface area contributed by atoms with Crippen LogP contribution >= 0.6 is 11.3 Å². The Morgan fingerprint density at radius 2 is 2.13 bits per heavy atom. The smallest absolute Gasteiger partial charge is 0.263 e. The molecule has 0 saturated heterocycles. The van der Waals surface area contributed by atoms with E-state index in [2.05, 4.69) is 11.4 Å². The Bertz CT molecular complexity index is 737. The fraction of sp³-hybridized carbons (Fsp3) is 0.333. The second-order valence-corrected chi connectivity index (χ2v) is 6.72.